The maximum Gasteiger partial charge on any atom is 0.411 e. The average Bonchev–Trinajstić information content (AvgIpc) is 3.34. The summed E-state index contributed by atoms with van der Waals surface area (Å²) in [5.74, 6) is -1.72. The van der Waals surface area contributed by atoms with Crippen molar-refractivity contribution < 1.29 is 24.2 Å². The van der Waals surface area contributed by atoms with Gasteiger partial charge in [0.2, 0.25) is 0 Å². The first-order valence-corrected chi connectivity index (χ1v) is 11.4. The summed E-state index contributed by atoms with van der Waals surface area (Å²) in [7, 11) is 1.57. The largest absolute Gasteiger partial charge is 0.481 e. The fraction of sp³-hybridized carbons (Fsp3) is 0.308. The number of anilines is 1. The van der Waals surface area contributed by atoms with E-state index in [2.05, 4.69) is 27.9 Å². The van der Waals surface area contributed by atoms with Crippen LogP contribution in [-0.2, 0) is 16.6 Å². The molecule has 0 radical (unpaired) electrons. The van der Waals surface area contributed by atoms with Crippen LogP contribution in [0.2, 0.25) is 0 Å². The smallest absolute Gasteiger partial charge is 0.411 e. The number of aromatic nitrogens is 2. The van der Waals surface area contributed by atoms with Gasteiger partial charge in [-0.2, -0.15) is 5.10 Å². The lowest BCUT2D eigenvalue weighted by atomic mass is 9.98. The van der Waals surface area contributed by atoms with Crippen molar-refractivity contribution in [2.24, 2.45) is 13.0 Å². The van der Waals surface area contributed by atoms with Crippen molar-refractivity contribution in [3.63, 3.8) is 0 Å². The standard InChI is InChI=1S/C26H28N4O5/c1-15(2)21(12-23(31)32)28-25(33)24-22(13-27-30(24)3)29-26(34)35-14-20-18-10-6-4-8-16(18)17-9-5-7-11-19(17)20/h4-11,13,15,20-21H,12,14H2,1-3H3,(H,28,33)(H,29,34)(H,31,32). The van der Waals surface area contributed by atoms with Crippen molar-refractivity contribution in [1.82, 2.24) is 15.1 Å². The number of carbonyl (C=O) groups excluding carboxylic acids is 2. The van der Waals surface area contributed by atoms with Crippen molar-refractivity contribution >= 4 is 23.7 Å². The van der Waals surface area contributed by atoms with Crippen LogP contribution in [0.4, 0.5) is 10.5 Å². The lowest BCUT2D eigenvalue weighted by Crippen LogP contribution is -2.41. The molecule has 1 aliphatic rings. The molecule has 2 amide bonds. The minimum absolute atomic E-state index is 0.0902. The van der Waals surface area contributed by atoms with Crippen LogP contribution >= 0.6 is 0 Å². The second kappa shape index (κ2) is 10.0. The highest BCUT2D eigenvalue weighted by atomic mass is 16.5. The summed E-state index contributed by atoms with van der Waals surface area (Å²) >= 11 is 0. The molecule has 9 nitrogen and oxygen atoms in total. The molecule has 3 aromatic rings. The number of hydrogen-bond acceptors (Lipinski definition) is 5. The van der Waals surface area contributed by atoms with Crippen LogP contribution in [0.5, 0.6) is 0 Å². The van der Waals surface area contributed by atoms with E-state index in [0.29, 0.717) is 0 Å². The Morgan fingerprint density at radius 3 is 2.23 bits per heavy atom. The monoisotopic (exact) mass is 476 g/mol. The molecule has 0 saturated heterocycles. The Kier molecular flexibility index (Phi) is 6.86. The molecule has 3 N–H and O–H groups in total. The zero-order valence-corrected chi connectivity index (χ0v) is 19.8. The first-order chi connectivity index (χ1) is 16.8. The van der Waals surface area contributed by atoms with Gasteiger partial charge >= 0.3 is 12.1 Å². The Bertz CT molecular complexity index is 1220. The molecule has 182 valence electrons. The Morgan fingerprint density at radius 1 is 1.06 bits per heavy atom. The Hall–Kier alpha value is -4.14. The minimum atomic E-state index is -1.01. The van der Waals surface area contributed by atoms with Crippen molar-refractivity contribution in [3.05, 3.63) is 71.5 Å². The average molecular weight is 477 g/mol. The number of amides is 2. The third-order valence-corrected chi connectivity index (χ3v) is 6.25. The SMILES string of the molecule is CC(C)C(CC(=O)O)NC(=O)c1c(NC(=O)OCC2c3ccccc3-c3ccccc32)cnn1C. The number of benzene rings is 2. The summed E-state index contributed by atoms with van der Waals surface area (Å²) in [6, 6.07) is 15.5. The highest BCUT2D eigenvalue weighted by molar-refractivity contribution is 6.01. The van der Waals surface area contributed by atoms with Gasteiger partial charge in [0.25, 0.3) is 5.91 Å². The van der Waals surface area contributed by atoms with Crippen molar-refractivity contribution in [1.29, 1.82) is 0 Å². The van der Waals surface area contributed by atoms with Gasteiger partial charge in [-0.3, -0.25) is 19.6 Å². The van der Waals surface area contributed by atoms with Gasteiger partial charge in [0, 0.05) is 19.0 Å². The molecule has 0 fully saturated rings. The summed E-state index contributed by atoms with van der Waals surface area (Å²) in [6.07, 6.45) is 0.439. The van der Waals surface area contributed by atoms with E-state index in [-0.39, 0.29) is 36.2 Å². The molecule has 1 atom stereocenters. The third-order valence-electron chi connectivity index (χ3n) is 6.25. The number of carboxylic acid groups (broad SMARTS) is 1. The topological polar surface area (TPSA) is 123 Å². The van der Waals surface area contributed by atoms with Crippen LogP contribution < -0.4 is 10.6 Å². The van der Waals surface area contributed by atoms with Crippen molar-refractivity contribution in [2.45, 2.75) is 32.2 Å². The van der Waals surface area contributed by atoms with Gasteiger partial charge in [-0.25, -0.2) is 4.79 Å². The molecular formula is C26H28N4O5. The van der Waals surface area contributed by atoms with Gasteiger partial charge in [0.05, 0.1) is 18.3 Å². The number of ether oxygens (including phenoxy) is 1. The molecule has 1 aliphatic carbocycles. The van der Waals surface area contributed by atoms with Gasteiger partial charge in [-0.1, -0.05) is 62.4 Å². The van der Waals surface area contributed by atoms with Crippen LogP contribution in [0, 0.1) is 5.92 Å². The number of hydrogen-bond donors (Lipinski definition) is 3. The van der Waals surface area contributed by atoms with E-state index in [4.69, 9.17) is 9.84 Å². The van der Waals surface area contributed by atoms with Crippen LogP contribution in [-0.4, -0.2) is 45.5 Å². The first-order valence-electron chi connectivity index (χ1n) is 11.4. The van der Waals surface area contributed by atoms with E-state index in [0.717, 1.165) is 22.3 Å². The normalized spacial score (nSPS) is 13.1. The maximum atomic E-state index is 12.9. The highest BCUT2D eigenvalue weighted by Crippen LogP contribution is 2.44. The minimum Gasteiger partial charge on any atom is -0.481 e. The molecular weight excluding hydrogens is 448 g/mol. The Morgan fingerprint density at radius 2 is 1.66 bits per heavy atom. The highest BCUT2D eigenvalue weighted by Gasteiger charge is 2.29. The molecule has 35 heavy (non-hydrogen) atoms. The number of aryl methyl sites for hydroxylation is 1. The number of carbonyl (C=O) groups is 3. The molecule has 1 heterocycles. The molecule has 0 spiro atoms. The van der Waals surface area contributed by atoms with Crippen LogP contribution in [0.25, 0.3) is 11.1 Å². The third kappa shape index (κ3) is 5.03. The van der Waals surface area contributed by atoms with Crippen molar-refractivity contribution in [3.8, 4) is 11.1 Å². The number of rotatable bonds is 8. The molecule has 1 unspecified atom stereocenters. The number of aliphatic carboxylic acids is 1. The lowest BCUT2D eigenvalue weighted by molar-refractivity contribution is -0.137. The van der Waals surface area contributed by atoms with E-state index >= 15 is 0 Å². The zero-order chi connectivity index (χ0) is 25.1. The summed E-state index contributed by atoms with van der Waals surface area (Å²) in [5.41, 5.74) is 4.74. The first kappa shape index (κ1) is 24.0. The summed E-state index contributed by atoms with van der Waals surface area (Å²) < 4.78 is 6.89. The predicted octanol–water partition coefficient (Wildman–Crippen LogP) is 4.01. The van der Waals surface area contributed by atoms with E-state index < -0.39 is 24.0 Å². The van der Waals surface area contributed by atoms with Gasteiger partial charge in [0.1, 0.15) is 12.3 Å². The van der Waals surface area contributed by atoms with Crippen LogP contribution in [0.1, 0.15) is 47.8 Å². The van der Waals surface area contributed by atoms with Crippen LogP contribution in [0.15, 0.2) is 54.7 Å². The molecule has 4 rings (SSSR count). The molecule has 0 bridgehead atoms. The van der Waals surface area contributed by atoms with Crippen LogP contribution in [0.3, 0.4) is 0 Å². The Labute approximate surface area is 203 Å². The zero-order valence-electron chi connectivity index (χ0n) is 19.8. The van der Waals surface area contributed by atoms with Gasteiger partial charge in [-0.05, 0) is 28.2 Å². The lowest BCUT2D eigenvalue weighted by Gasteiger charge is -2.21. The van der Waals surface area contributed by atoms with Crippen molar-refractivity contribution in [2.75, 3.05) is 11.9 Å². The predicted molar refractivity (Wildman–Crippen MR) is 130 cm³/mol. The molecule has 1 aromatic heterocycles. The number of nitrogens with one attached hydrogen (secondary N) is 2. The fourth-order valence-corrected chi connectivity index (χ4v) is 4.42. The summed E-state index contributed by atoms with van der Waals surface area (Å²) in [5, 5.41) is 18.5. The van der Waals surface area contributed by atoms with Gasteiger partial charge < -0.3 is 15.2 Å². The second-order valence-corrected chi connectivity index (χ2v) is 8.90. The van der Waals surface area contributed by atoms with Gasteiger partial charge in [-0.15, -0.1) is 0 Å². The van der Waals surface area contributed by atoms with E-state index in [1.807, 2.05) is 50.2 Å². The molecule has 9 heteroatoms. The Balaban J connectivity index is 1.45. The molecule has 2 aromatic carbocycles. The fourth-order valence-electron chi connectivity index (χ4n) is 4.42. The van der Waals surface area contributed by atoms with E-state index in [1.165, 1.54) is 10.9 Å². The van der Waals surface area contributed by atoms with E-state index in [1.54, 1.807) is 7.05 Å². The summed E-state index contributed by atoms with van der Waals surface area (Å²) in [6.45, 7) is 3.79. The molecule has 0 aliphatic heterocycles. The van der Waals surface area contributed by atoms with E-state index in [9.17, 15) is 14.4 Å². The molecule has 0 saturated carbocycles. The summed E-state index contributed by atoms with van der Waals surface area (Å²) in [4.78, 5) is 36.7. The van der Waals surface area contributed by atoms with Gasteiger partial charge in [0.15, 0.2) is 0 Å². The second-order valence-electron chi connectivity index (χ2n) is 8.90. The number of fused-ring (bicyclic) bond motifs is 3. The number of nitrogens with zero attached hydrogens (tertiary/aromatic N) is 2. The number of carboxylic acids is 1. The quantitative estimate of drug-likeness (QED) is 0.452. The maximum absolute atomic E-state index is 12.9.